The van der Waals surface area contributed by atoms with Gasteiger partial charge in [0.1, 0.15) is 11.5 Å². The van der Waals surface area contributed by atoms with E-state index in [0.717, 1.165) is 5.56 Å². The number of carbonyl (C=O) groups is 3. The van der Waals surface area contributed by atoms with Gasteiger partial charge in [0.2, 0.25) is 0 Å². The molecule has 0 aliphatic rings. The predicted molar refractivity (Wildman–Crippen MR) is 150 cm³/mol. The standard InChI is InChI=1S/C30H33NO7.ClH/c1-30(2,3)29(31)28(34)21-10-15-24(37-26(32)16-19-6-11-22(35-4)12-7-19)25(18-21)38-27(33)17-20-8-13-23(36-5)14-9-20;/h6-15,18,29H,16-17,31H2,1-5H3;1H. The summed E-state index contributed by atoms with van der Waals surface area (Å²) in [5.41, 5.74) is 7.36. The summed E-state index contributed by atoms with van der Waals surface area (Å²) in [6.07, 6.45) is -0.0539. The molecular weight excluding hydrogens is 522 g/mol. The van der Waals surface area contributed by atoms with E-state index in [2.05, 4.69) is 0 Å². The van der Waals surface area contributed by atoms with Gasteiger partial charge in [0.15, 0.2) is 17.3 Å². The molecule has 0 aliphatic heterocycles. The Morgan fingerprint density at radius 3 is 1.56 bits per heavy atom. The van der Waals surface area contributed by atoms with E-state index in [1.807, 2.05) is 20.8 Å². The van der Waals surface area contributed by atoms with Gasteiger partial charge in [-0.15, -0.1) is 12.4 Å². The van der Waals surface area contributed by atoms with Gasteiger partial charge in [0, 0.05) is 5.56 Å². The first kappa shape index (κ1) is 31.3. The molecule has 0 aliphatic carbocycles. The van der Waals surface area contributed by atoms with Crippen molar-refractivity contribution >= 4 is 30.1 Å². The first-order chi connectivity index (χ1) is 18.0. The number of Topliss-reactive ketones (excluding diaryl/α,β-unsaturated/α-hetero) is 1. The van der Waals surface area contributed by atoms with Crippen LogP contribution in [0.5, 0.6) is 23.0 Å². The molecule has 8 nitrogen and oxygen atoms in total. The molecule has 1 unspecified atom stereocenters. The summed E-state index contributed by atoms with van der Waals surface area (Å²) < 4.78 is 21.4. The van der Waals surface area contributed by atoms with E-state index in [9.17, 15) is 14.4 Å². The summed E-state index contributed by atoms with van der Waals surface area (Å²) in [4.78, 5) is 38.5. The third-order valence-electron chi connectivity index (χ3n) is 5.91. The number of ether oxygens (including phenoxy) is 4. The molecule has 0 amide bonds. The Labute approximate surface area is 234 Å². The molecule has 9 heteroatoms. The number of ketones is 1. The summed E-state index contributed by atoms with van der Waals surface area (Å²) in [7, 11) is 3.12. The van der Waals surface area contributed by atoms with E-state index in [1.54, 1.807) is 62.8 Å². The number of hydrogen-bond donors (Lipinski definition) is 1. The summed E-state index contributed by atoms with van der Waals surface area (Å²) in [5.74, 6) is -0.163. The van der Waals surface area contributed by atoms with Crippen LogP contribution in [0.2, 0.25) is 0 Å². The lowest BCUT2D eigenvalue weighted by Gasteiger charge is -2.25. The Hall–Kier alpha value is -3.88. The van der Waals surface area contributed by atoms with E-state index in [1.165, 1.54) is 18.2 Å². The summed E-state index contributed by atoms with van der Waals surface area (Å²) in [6, 6.07) is 17.5. The van der Waals surface area contributed by atoms with Gasteiger partial charge in [-0.25, -0.2) is 0 Å². The topological polar surface area (TPSA) is 114 Å². The van der Waals surface area contributed by atoms with Crippen molar-refractivity contribution in [1.82, 2.24) is 0 Å². The minimum absolute atomic E-state index is 0. The number of benzene rings is 3. The molecular formula is C30H34ClNO7. The normalized spacial score (nSPS) is 11.5. The third kappa shape index (κ3) is 8.84. The highest BCUT2D eigenvalue weighted by Crippen LogP contribution is 2.31. The molecule has 3 aromatic carbocycles. The zero-order chi connectivity index (χ0) is 27.9. The first-order valence-corrected chi connectivity index (χ1v) is 12.1. The summed E-state index contributed by atoms with van der Waals surface area (Å²) in [5, 5.41) is 0. The van der Waals surface area contributed by atoms with Crippen LogP contribution < -0.4 is 24.7 Å². The van der Waals surface area contributed by atoms with Crippen LogP contribution in [0.15, 0.2) is 66.7 Å². The number of rotatable bonds is 10. The highest BCUT2D eigenvalue weighted by Gasteiger charge is 2.29. The van der Waals surface area contributed by atoms with E-state index >= 15 is 0 Å². The SMILES string of the molecule is COc1ccc(CC(=O)Oc2ccc(C(=O)C(N)C(C)(C)C)cc2OC(=O)Cc2ccc(OC)cc2)cc1.Cl. The number of methoxy groups -OCH3 is 2. The Balaban J connectivity index is 0.00000533. The van der Waals surface area contributed by atoms with Crippen molar-refractivity contribution in [1.29, 1.82) is 0 Å². The molecule has 0 saturated heterocycles. The van der Waals surface area contributed by atoms with E-state index in [-0.39, 0.29) is 48.1 Å². The molecule has 0 fully saturated rings. The Morgan fingerprint density at radius 1 is 0.718 bits per heavy atom. The van der Waals surface area contributed by atoms with Crippen molar-refractivity contribution in [2.45, 2.75) is 39.7 Å². The van der Waals surface area contributed by atoms with Crippen molar-refractivity contribution in [3.63, 3.8) is 0 Å². The van der Waals surface area contributed by atoms with Crippen LogP contribution in [-0.4, -0.2) is 38.0 Å². The van der Waals surface area contributed by atoms with Crippen molar-refractivity contribution < 1.29 is 33.3 Å². The van der Waals surface area contributed by atoms with Crippen LogP contribution in [0.1, 0.15) is 42.3 Å². The largest absolute Gasteiger partial charge is 0.497 e. The average Bonchev–Trinajstić information content (AvgIpc) is 2.89. The Bertz CT molecular complexity index is 1280. The maximum Gasteiger partial charge on any atom is 0.315 e. The summed E-state index contributed by atoms with van der Waals surface area (Å²) in [6.45, 7) is 5.59. The van der Waals surface area contributed by atoms with Gasteiger partial charge in [0.05, 0.1) is 33.1 Å². The van der Waals surface area contributed by atoms with Gasteiger partial charge in [-0.1, -0.05) is 45.0 Å². The third-order valence-corrected chi connectivity index (χ3v) is 5.91. The Morgan fingerprint density at radius 2 is 1.15 bits per heavy atom. The maximum atomic E-state index is 13.0. The van der Waals surface area contributed by atoms with Gasteiger partial charge < -0.3 is 24.7 Å². The maximum absolute atomic E-state index is 13.0. The molecule has 0 bridgehead atoms. The molecule has 39 heavy (non-hydrogen) atoms. The predicted octanol–water partition coefficient (Wildman–Crippen LogP) is 4.98. The minimum atomic E-state index is -0.783. The lowest BCUT2D eigenvalue weighted by molar-refractivity contribution is -0.136. The lowest BCUT2D eigenvalue weighted by atomic mass is 9.83. The smallest absolute Gasteiger partial charge is 0.315 e. The number of esters is 2. The van der Waals surface area contributed by atoms with Crippen LogP contribution in [-0.2, 0) is 22.4 Å². The summed E-state index contributed by atoms with van der Waals surface area (Å²) >= 11 is 0. The van der Waals surface area contributed by atoms with Crippen LogP contribution in [0, 0.1) is 5.41 Å². The second-order valence-corrected chi connectivity index (χ2v) is 9.87. The quantitative estimate of drug-likeness (QED) is 0.212. The molecule has 3 rings (SSSR count). The molecule has 2 N–H and O–H groups in total. The van der Waals surface area contributed by atoms with Crippen LogP contribution in [0.25, 0.3) is 0 Å². The van der Waals surface area contributed by atoms with E-state index in [4.69, 9.17) is 24.7 Å². The number of carbonyl (C=O) groups excluding carboxylic acids is 3. The zero-order valence-corrected chi connectivity index (χ0v) is 23.5. The van der Waals surface area contributed by atoms with E-state index in [0.29, 0.717) is 17.1 Å². The molecule has 0 saturated carbocycles. The van der Waals surface area contributed by atoms with Crippen molar-refractivity contribution in [2.24, 2.45) is 11.1 Å². The van der Waals surface area contributed by atoms with E-state index < -0.39 is 23.4 Å². The molecule has 1 atom stereocenters. The van der Waals surface area contributed by atoms with Gasteiger partial charge in [-0.2, -0.15) is 0 Å². The molecule has 3 aromatic rings. The average molecular weight is 556 g/mol. The first-order valence-electron chi connectivity index (χ1n) is 12.1. The monoisotopic (exact) mass is 555 g/mol. The van der Waals surface area contributed by atoms with Crippen LogP contribution in [0.4, 0.5) is 0 Å². The Kier molecular flexibility index (Phi) is 11.1. The van der Waals surface area contributed by atoms with Gasteiger partial charge in [-0.05, 0) is 59.0 Å². The molecule has 0 aromatic heterocycles. The molecule has 0 spiro atoms. The zero-order valence-electron chi connectivity index (χ0n) is 22.7. The van der Waals surface area contributed by atoms with Crippen molar-refractivity contribution in [3.05, 3.63) is 83.4 Å². The highest BCUT2D eigenvalue weighted by atomic mass is 35.5. The molecule has 0 radical (unpaired) electrons. The second kappa shape index (κ2) is 13.8. The minimum Gasteiger partial charge on any atom is -0.497 e. The van der Waals surface area contributed by atoms with Gasteiger partial charge in [0.25, 0.3) is 0 Å². The van der Waals surface area contributed by atoms with Crippen molar-refractivity contribution in [2.75, 3.05) is 14.2 Å². The van der Waals surface area contributed by atoms with Gasteiger partial charge in [-0.3, -0.25) is 14.4 Å². The second-order valence-electron chi connectivity index (χ2n) is 9.87. The van der Waals surface area contributed by atoms with Crippen LogP contribution in [0.3, 0.4) is 0 Å². The highest BCUT2D eigenvalue weighted by molar-refractivity contribution is 6.01. The van der Waals surface area contributed by atoms with Gasteiger partial charge >= 0.3 is 11.9 Å². The lowest BCUT2D eigenvalue weighted by Crippen LogP contribution is -2.42. The number of halogens is 1. The number of hydrogen-bond acceptors (Lipinski definition) is 8. The van der Waals surface area contributed by atoms with Crippen molar-refractivity contribution in [3.8, 4) is 23.0 Å². The number of nitrogens with two attached hydrogens (primary N) is 1. The molecule has 208 valence electrons. The molecule has 0 heterocycles. The fourth-order valence-electron chi connectivity index (χ4n) is 3.54. The fraction of sp³-hybridized carbons (Fsp3) is 0.300. The van der Waals surface area contributed by atoms with Crippen LogP contribution >= 0.6 is 12.4 Å². The fourth-order valence-corrected chi connectivity index (χ4v) is 3.54.